The summed E-state index contributed by atoms with van der Waals surface area (Å²) in [5.74, 6) is 0.942. The van der Waals surface area contributed by atoms with Crippen LogP contribution in [0.4, 0.5) is 0 Å². The number of hydrogen-bond acceptors (Lipinski definition) is 3. The predicted octanol–water partition coefficient (Wildman–Crippen LogP) is 5.78. The molecule has 7 heteroatoms. The summed E-state index contributed by atoms with van der Waals surface area (Å²) in [4.78, 5) is 27.4. The minimum absolute atomic E-state index is 0.0322. The highest BCUT2D eigenvalue weighted by molar-refractivity contribution is 9.10. The van der Waals surface area contributed by atoms with Crippen molar-refractivity contribution in [3.63, 3.8) is 0 Å². The molecule has 0 fully saturated rings. The van der Waals surface area contributed by atoms with Gasteiger partial charge < -0.3 is 10.2 Å². The standard InChI is InChI=1S/C23H28Br2N2O2S/c1-3-4-12-26-23(29)17(2)27(14-19-6-5-7-21(25)13-19)22(28)16-30-15-18-8-10-20(24)11-9-18/h5-11,13,17H,3-4,12,14-16H2,1-2H3,(H,26,29). The molecule has 30 heavy (non-hydrogen) atoms. The molecule has 2 rings (SSSR count). The first-order chi connectivity index (χ1) is 14.4. The monoisotopic (exact) mass is 554 g/mol. The number of carbonyl (C=O) groups is 2. The van der Waals surface area contributed by atoms with Gasteiger partial charge in [0.1, 0.15) is 6.04 Å². The van der Waals surface area contributed by atoms with E-state index in [1.807, 2.05) is 48.5 Å². The first-order valence-electron chi connectivity index (χ1n) is 10.0. The molecule has 2 amide bonds. The summed E-state index contributed by atoms with van der Waals surface area (Å²) < 4.78 is 1.99. The Bertz CT molecular complexity index is 830. The summed E-state index contributed by atoms with van der Waals surface area (Å²) in [5.41, 5.74) is 2.16. The number of nitrogens with one attached hydrogen (secondary N) is 1. The molecule has 1 atom stereocenters. The van der Waals surface area contributed by atoms with Crippen molar-refractivity contribution >= 4 is 55.4 Å². The van der Waals surface area contributed by atoms with Gasteiger partial charge >= 0.3 is 0 Å². The van der Waals surface area contributed by atoms with Crippen molar-refractivity contribution in [1.29, 1.82) is 0 Å². The zero-order valence-corrected chi connectivity index (χ0v) is 21.4. The lowest BCUT2D eigenvalue weighted by Gasteiger charge is -2.29. The topological polar surface area (TPSA) is 49.4 Å². The van der Waals surface area contributed by atoms with Crippen molar-refractivity contribution in [2.24, 2.45) is 0 Å². The molecule has 0 aromatic heterocycles. The molecule has 162 valence electrons. The molecular weight excluding hydrogens is 528 g/mol. The van der Waals surface area contributed by atoms with E-state index in [9.17, 15) is 9.59 Å². The Morgan fingerprint density at radius 2 is 1.80 bits per heavy atom. The minimum atomic E-state index is -0.526. The number of thioether (sulfide) groups is 1. The summed E-state index contributed by atoms with van der Waals surface area (Å²) in [6.45, 7) is 4.92. The third-order valence-electron chi connectivity index (χ3n) is 4.65. The van der Waals surface area contributed by atoms with Crippen LogP contribution in [0.1, 0.15) is 37.8 Å². The van der Waals surface area contributed by atoms with Gasteiger partial charge in [-0.2, -0.15) is 0 Å². The van der Waals surface area contributed by atoms with Crippen LogP contribution in [0, 0.1) is 0 Å². The Morgan fingerprint density at radius 1 is 1.07 bits per heavy atom. The summed E-state index contributed by atoms with van der Waals surface area (Å²) in [7, 11) is 0. The fourth-order valence-electron chi connectivity index (χ4n) is 2.87. The summed E-state index contributed by atoms with van der Waals surface area (Å²) in [6.07, 6.45) is 1.95. The number of benzene rings is 2. The Balaban J connectivity index is 2.03. The van der Waals surface area contributed by atoms with Crippen molar-refractivity contribution in [3.05, 3.63) is 68.6 Å². The molecule has 0 heterocycles. The number of halogens is 2. The van der Waals surface area contributed by atoms with Crippen LogP contribution in [-0.2, 0) is 21.9 Å². The van der Waals surface area contributed by atoms with Gasteiger partial charge in [-0.05, 0) is 48.7 Å². The summed E-state index contributed by atoms with van der Waals surface area (Å²) in [5, 5.41) is 2.95. The number of nitrogens with zero attached hydrogens (tertiary/aromatic N) is 1. The van der Waals surface area contributed by atoms with E-state index < -0.39 is 6.04 Å². The van der Waals surface area contributed by atoms with Crippen LogP contribution >= 0.6 is 43.6 Å². The maximum Gasteiger partial charge on any atom is 0.242 e. The van der Waals surface area contributed by atoms with Gasteiger partial charge in [-0.25, -0.2) is 0 Å². The van der Waals surface area contributed by atoms with Gasteiger partial charge in [0.15, 0.2) is 0 Å². The molecule has 2 aromatic rings. The van der Waals surface area contributed by atoms with Gasteiger partial charge in [-0.1, -0.05) is 69.5 Å². The van der Waals surface area contributed by atoms with Gasteiger partial charge in [-0.15, -0.1) is 11.8 Å². The molecule has 1 unspecified atom stereocenters. The van der Waals surface area contributed by atoms with Crippen molar-refractivity contribution in [2.75, 3.05) is 12.3 Å². The second kappa shape index (κ2) is 13.2. The third-order valence-corrected chi connectivity index (χ3v) is 6.66. The van der Waals surface area contributed by atoms with Crippen LogP contribution in [0.25, 0.3) is 0 Å². The molecule has 0 aliphatic rings. The van der Waals surface area contributed by atoms with E-state index >= 15 is 0 Å². The van der Waals surface area contributed by atoms with Crippen LogP contribution in [-0.4, -0.2) is 35.1 Å². The van der Waals surface area contributed by atoms with Crippen molar-refractivity contribution in [3.8, 4) is 0 Å². The second-order valence-corrected chi connectivity index (χ2v) is 9.91. The van der Waals surface area contributed by atoms with Crippen LogP contribution in [0.2, 0.25) is 0 Å². The Labute approximate surface area is 200 Å². The van der Waals surface area contributed by atoms with Crippen LogP contribution in [0.5, 0.6) is 0 Å². The normalized spacial score (nSPS) is 11.7. The van der Waals surface area contributed by atoms with E-state index in [0.29, 0.717) is 18.8 Å². The van der Waals surface area contributed by atoms with Gasteiger partial charge in [0.25, 0.3) is 0 Å². The summed E-state index contributed by atoms with van der Waals surface area (Å²) in [6, 6.07) is 15.4. The van der Waals surface area contributed by atoms with Crippen molar-refractivity contribution < 1.29 is 9.59 Å². The van der Waals surface area contributed by atoms with E-state index in [1.165, 1.54) is 5.56 Å². The molecule has 0 saturated heterocycles. The van der Waals surface area contributed by atoms with E-state index in [-0.39, 0.29) is 11.8 Å². The molecule has 0 aliphatic carbocycles. The van der Waals surface area contributed by atoms with E-state index in [2.05, 4.69) is 44.1 Å². The smallest absolute Gasteiger partial charge is 0.242 e. The molecule has 2 aromatic carbocycles. The molecule has 0 radical (unpaired) electrons. The highest BCUT2D eigenvalue weighted by atomic mass is 79.9. The van der Waals surface area contributed by atoms with E-state index in [4.69, 9.17) is 0 Å². The highest BCUT2D eigenvalue weighted by Crippen LogP contribution is 2.19. The lowest BCUT2D eigenvalue weighted by Crippen LogP contribution is -2.48. The number of unbranched alkanes of at least 4 members (excludes halogenated alkanes) is 1. The quantitative estimate of drug-likeness (QED) is 0.358. The molecule has 0 aliphatic heterocycles. The van der Waals surface area contributed by atoms with Crippen molar-refractivity contribution in [2.45, 2.75) is 45.0 Å². The average molecular weight is 556 g/mol. The SMILES string of the molecule is CCCCNC(=O)C(C)N(Cc1cccc(Br)c1)C(=O)CSCc1ccc(Br)cc1. The highest BCUT2D eigenvalue weighted by Gasteiger charge is 2.25. The Kier molecular flexibility index (Phi) is 11.0. The fraction of sp³-hybridized carbons (Fsp3) is 0.391. The number of hydrogen-bond donors (Lipinski definition) is 1. The maximum absolute atomic E-state index is 13.1. The zero-order valence-electron chi connectivity index (χ0n) is 17.4. The summed E-state index contributed by atoms with van der Waals surface area (Å²) >= 11 is 8.48. The van der Waals surface area contributed by atoms with E-state index in [1.54, 1.807) is 23.6 Å². The van der Waals surface area contributed by atoms with Crippen LogP contribution in [0.15, 0.2) is 57.5 Å². The van der Waals surface area contributed by atoms with Gasteiger partial charge in [0, 0.05) is 27.8 Å². The van der Waals surface area contributed by atoms with E-state index in [0.717, 1.165) is 33.1 Å². The van der Waals surface area contributed by atoms with Crippen molar-refractivity contribution in [1.82, 2.24) is 10.2 Å². The number of rotatable bonds is 11. The first kappa shape index (κ1) is 25.0. The number of carbonyl (C=O) groups excluding carboxylic acids is 2. The molecule has 1 N–H and O–H groups in total. The largest absolute Gasteiger partial charge is 0.354 e. The van der Waals surface area contributed by atoms with Crippen LogP contribution in [0.3, 0.4) is 0 Å². The molecule has 0 bridgehead atoms. The molecule has 0 saturated carbocycles. The lowest BCUT2D eigenvalue weighted by atomic mass is 10.1. The second-order valence-electron chi connectivity index (χ2n) is 7.09. The zero-order chi connectivity index (χ0) is 21.9. The fourth-order valence-corrected chi connectivity index (χ4v) is 4.45. The van der Waals surface area contributed by atoms with Crippen LogP contribution < -0.4 is 5.32 Å². The predicted molar refractivity (Wildman–Crippen MR) is 132 cm³/mol. The van der Waals surface area contributed by atoms with Gasteiger partial charge in [0.05, 0.1) is 5.75 Å². The Morgan fingerprint density at radius 3 is 2.47 bits per heavy atom. The molecule has 0 spiro atoms. The molecule has 4 nitrogen and oxygen atoms in total. The maximum atomic E-state index is 13.1. The molecular formula is C23H28Br2N2O2S. The minimum Gasteiger partial charge on any atom is -0.354 e. The lowest BCUT2D eigenvalue weighted by molar-refractivity contribution is -0.138. The number of amides is 2. The average Bonchev–Trinajstić information content (AvgIpc) is 2.73. The first-order valence-corrected chi connectivity index (χ1v) is 12.8. The third kappa shape index (κ3) is 8.44. The van der Waals surface area contributed by atoms with Gasteiger partial charge in [0.2, 0.25) is 11.8 Å². The Hall–Kier alpha value is -1.31. The van der Waals surface area contributed by atoms with Gasteiger partial charge in [-0.3, -0.25) is 9.59 Å².